The van der Waals surface area contributed by atoms with Gasteiger partial charge in [0.05, 0.1) is 20.8 Å². The van der Waals surface area contributed by atoms with Gasteiger partial charge in [-0.25, -0.2) is 0 Å². The van der Waals surface area contributed by atoms with Crippen molar-refractivity contribution in [2.24, 2.45) is 5.92 Å². The largest absolute Gasteiger partial charge is 0.497 e. The van der Waals surface area contributed by atoms with E-state index in [1.165, 1.54) is 11.1 Å². The van der Waals surface area contributed by atoms with Crippen molar-refractivity contribution in [2.75, 3.05) is 33.9 Å². The van der Waals surface area contributed by atoms with Gasteiger partial charge in [-0.1, -0.05) is 44.2 Å². The molecule has 0 amide bonds. The molecule has 2 heterocycles. The van der Waals surface area contributed by atoms with Gasteiger partial charge in [-0.3, -0.25) is 9.80 Å². The molecule has 0 aliphatic carbocycles. The number of rotatable bonds is 7. The van der Waals surface area contributed by atoms with Crippen LogP contribution in [0, 0.1) is 5.92 Å². The second kappa shape index (κ2) is 8.96. The lowest BCUT2D eigenvalue weighted by Gasteiger charge is -2.61. The summed E-state index contributed by atoms with van der Waals surface area (Å²) in [5.41, 5.74) is 2.52. The van der Waals surface area contributed by atoms with Crippen LogP contribution >= 0.6 is 0 Å². The number of fused-ring (bicyclic) bond motifs is 1. The molecule has 0 radical (unpaired) electrons. The molecule has 0 saturated carbocycles. The summed E-state index contributed by atoms with van der Waals surface area (Å²) in [5.74, 6) is 2.67. The summed E-state index contributed by atoms with van der Waals surface area (Å²) >= 11 is 0. The molecule has 2 saturated heterocycles. The number of methoxy groups -OCH3 is 2. The van der Waals surface area contributed by atoms with E-state index in [2.05, 4.69) is 60.0 Å². The molecule has 2 aliphatic rings. The van der Waals surface area contributed by atoms with Gasteiger partial charge in [-0.15, -0.1) is 0 Å². The number of aliphatic hydroxyl groups excluding tert-OH is 1. The van der Waals surface area contributed by atoms with Crippen molar-refractivity contribution >= 4 is 0 Å². The van der Waals surface area contributed by atoms with Gasteiger partial charge in [0.1, 0.15) is 11.5 Å². The van der Waals surface area contributed by atoms with Gasteiger partial charge in [-0.2, -0.15) is 0 Å². The number of piperazine rings is 1. The van der Waals surface area contributed by atoms with Crippen molar-refractivity contribution in [1.29, 1.82) is 0 Å². The molecule has 2 aromatic rings. The zero-order valence-corrected chi connectivity index (χ0v) is 18.5. The van der Waals surface area contributed by atoms with Gasteiger partial charge < -0.3 is 14.6 Å². The van der Waals surface area contributed by atoms with Gasteiger partial charge in [0.15, 0.2) is 0 Å². The molecule has 2 aromatic carbocycles. The Morgan fingerprint density at radius 2 is 1.80 bits per heavy atom. The molecular formula is C25H34N2O3. The Labute approximate surface area is 180 Å². The molecule has 0 spiro atoms. The zero-order valence-electron chi connectivity index (χ0n) is 18.5. The van der Waals surface area contributed by atoms with E-state index in [4.69, 9.17) is 9.47 Å². The first-order chi connectivity index (χ1) is 14.6. The molecule has 4 atom stereocenters. The van der Waals surface area contributed by atoms with Crippen molar-refractivity contribution in [1.82, 2.24) is 9.80 Å². The molecule has 0 aromatic heterocycles. The van der Waals surface area contributed by atoms with Crippen LogP contribution < -0.4 is 9.47 Å². The Morgan fingerprint density at radius 1 is 1.03 bits per heavy atom. The maximum absolute atomic E-state index is 10.3. The van der Waals surface area contributed by atoms with Crippen LogP contribution in [0.2, 0.25) is 0 Å². The number of nitrogens with zero attached hydrogens (tertiary/aromatic N) is 2. The summed E-state index contributed by atoms with van der Waals surface area (Å²) in [5, 5.41) is 10.3. The van der Waals surface area contributed by atoms with Crippen LogP contribution in [0.5, 0.6) is 11.5 Å². The molecule has 162 valence electrons. The quantitative estimate of drug-likeness (QED) is 0.758. The van der Waals surface area contributed by atoms with Crippen LogP contribution in [0.15, 0.2) is 48.5 Å². The maximum atomic E-state index is 10.3. The topological polar surface area (TPSA) is 45.2 Å². The first-order valence-electron chi connectivity index (χ1n) is 10.9. The van der Waals surface area contributed by atoms with Crippen molar-refractivity contribution in [3.8, 4) is 11.5 Å². The lowest BCUT2D eigenvalue weighted by atomic mass is 9.75. The van der Waals surface area contributed by atoms with Crippen molar-refractivity contribution < 1.29 is 14.6 Å². The van der Waals surface area contributed by atoms with Gasteiger partial charge in [0, 0.05) is 49.2 Å². The van der Waals surface area contributed by atoms with Crippen LogP contribution in [-0.2, 0) is 6.54 Å². The first kappa shape index (κ1) is 21.2. The second-order valence-electron chi connectivity index (χ2n) is 8.88. The molecule has 1 N–H and O–H groups in total. The van der Waals surface area contributed by atoms with Gasteiger partial charge in [-0.05, 0) is 29.7 Å². The van der Waals surface area contributed by atoms with Crippen molar-refractivity contribution in [2.45, 2.75) is 44.4 Å². The minimum atomic E-state index is 0.148. The third kappa shape index (κ3) is 3.82. The van der Waals surface area contributed by atoms with Crippen LogP contribution in [0.3, 0.4) is 0 Å². The number of aliphatic hydroxyl groups is 1. The van der Waals surface area contributed by atoms with E-state index in [1.54, 1.807) is 14.2 Å². The average molecular weight is 411 g/mol. The third-order valence-corrected chi connectivity index (χ3v) is 6.90. The molecule has 0 bridgehead atoms. The van der Waals surface area contributed by atoms with Gasteiger partial charge in [0.25, 0.3) is 0 Å². The molecule has 30 heavy (non-hydrogen) atoms. The Bertz CT molecular complexity index is 842. The zero-order chi connectivity index (χ0) is 21.3. The van der Waals surface area contributed by atoms with Gasteiger partial charge in [0.2, 0.25) is 0 Å². The fraction of sp³-hybridized carbons (Fsp3) is 0.520. The fourth-order valence-corrected chi connectivity index (χ4v) is 5.45. The molecule has 2 aliphatic heterocycles. The fourth-order valence-electron chi connectivity index (χ4n) is 5.45. The van der Waals surface area contributed by atoms with E-state index in [0.29, 0.717) is 23.9 Å². The van der Waals surface area contributed by atoms with E-state index in [1.807, 2.05) is 12.1 Å². The van der Waals surface area contributed by atoms with Crippen LogP contribution in [0.25, 0.3) is 0 Å². The van der Waals surface area contributed by atoms with E-state index < -0.39 is 0 Å². The average Bonchev–Trinajstić information content (AvgIpc) is 2.75. The number of hydrogen-bond donors (Lipinski definition) is 1. The molecular weight excluding hydrogens is 376 g/mol. The molecule has 5 heteroatoms. The Kier molecular flexibility index (Phi) is 6.32. The SMILES string of the molecule is COc1ccc(OC)c([C@@H]2CN3[C@H](C(C)C)[C@@H](CO)N(Cc4ccccc4)C[C@@H]23)c1. The normalized spacial score (nSPS) is 26.9. The highest BCUT2D eigenvalue weighted by molar-refractivity contribution is 5.45. The Hall–Kier alpha value is -2.08. The number of ether oxygens (including phenoxy) is 2. The molecule has 4 rings (SSSR count). The van der Waals surface area contributed by atoms with Gasteiger partial charge >= 0.3 is 0 Å². The van der Waals surface area contributed by atoms with E-state index in [0.717, 1.165) is 31.1 Å². The minimum absolute atomic E-state index is 0.148. The highest BCUT2D eigenvalue weighted by Gasteiger charge is 2.52. The summed E-state index contributed by atoms with van der Waals surface area (Å²) in [6, 6.07) is 17.6. The summed E-state index contributed by atoms with van der Waals surface area (Å²) in [6.07, 6.45) is 0. The molecule has 5 nitrogen and oxygen atoms in total. The lowest BCUT2D eigenvalue weighted by molar-refractivity contribution is -0.118. The highest BCUT2D eigenvalue weighted by Crippen LogP contribution is 2.46. The monoisotopic (exact) mass is 410 g/mol. The van der Waals surface area contributed by atoms with E-state index in [-0.39, 0.29) is 12.6 Å². The number of benzene rings is 2. The summed E-state index contributed by atoms with van der Waals surface area (Å²) in [6.45, 7) is 7.53. The molecule has 0 unspecified atom stereocenters. The number of hydrogen-bond acceptors (Lipinski definition) is 5. The van der Waals surface area contributed by atoms with Crippen LogP contribution in [0.4, 0.5) is 0 Å². The summed E-state index contributed by atoms with van der Waals surface area (Å²) in [4.78, 5) is 5.09. The molecule has 2 fully saturated rings. The first-order valence-corrected chi connectivity index (χ1v) is 10.9. The van der Waals surface area contributed by atoms with Crippen molar-refractivity contribution in [3.63, 3.8) is 0 Å². The Morgan fingerprint density at radius 3 is 2.43 bits per heavy atom. The summed E-state index contributed by atoms with van der Waals surface area (Å²) < 4.78 is 11.2. The van der Waals surface area contributed by atoms with Crippen LogP contribution in [0.1, 0.15) is 30.9 Å². The predicted molar refractivity (Wildman–Crippen MR) is 119 cm³/mol. The maximum Gasteiger partial charge on any atom is 0.122 e. The third-order valence-electron chi connectivity index (χ3n) is 6.90. The standard InChI is InChI=1S/C25H34N2O3/c1-17(2)25-23(16-28)26(13-18-8-6-5-7-9-18)15-22-21(14-27(22)25)20-12-19(29-3)10-11-24(20)30-4/h5-12,17,21-23,25,28H,13-16H2,1-4H3/t21-,22-,23+,25+/m0/s1. The summed E-state index contributed by atoms with van der Waals surface area (Å²) in [7, 11) is 3.45. The lowest BCUT2D eigenvalue weighted by Crippen LogP contribution is -2.73. The Balaban J connectivity index is 1.64. The smallest absolute Gasteiger partial charge is 0.122 e. The highest BCUT2D eigenvalue weighted by atomic mass is 16.5. The second-order valence-corrected chi connectivity index (χ2v) is 8.88. The minimum Gasteiger partial charge on any atom is -0.497 e. The van der Waals surface area contributed by atoms with E-state index >= 15 is 0 Å². The van der Waals surface area contributed by atoms with Crippen molar-refractivity contribution in [3.05, 3.63) is 59.7 Å². The van der Waals surface area contributed by atoms with Crippen LogP contribution in [-0.4, -0.2) is 66.9 Å². The predicted octanol–water partition coefficient (Wildman–Crippen LogP) is 3.37. The van der Waals surface area contributed by atoms with E-state index in [9.17, 15) is 5.11 Å².